The summed E-state index contributed by atoms with van der Waals surface area (Å²) < 4.78 is 14.8. The third-order valence-corrected chi connectivity index (χ3v) is 8.73. The zero-order chi connectivity index (χ0) is 30.9. The molecule has 10 rings (SSSR count). The van der Waals surface area contributed by atoms with Gasteiger partial charge in [-0.05, 0) is 42.5 Å². The molecule has 0 atom stereocenters. The normalized spacial score (nSPS) is 11.8. The Morgan fingerprint density at radius 1 is 0.404 bits per heavy atom. The highest BCUT2D eigenvalue weighted by Crippen LogP contribution is 2.39. The van der Waals surface area contributed by atoms with Crippen LogP contribution in [0.15, 0.2) is 148 Å². The minimum atomic E-state index is 0.456. The number of rotatable bonds is 4. The van der Waals surface area contributed by atoms with Gasteiger partial charge in [-0.2, -0.15) is 5.10 Å². The summed E-state index contributed by atoms with van der Waals surface area (Å²) in [4.78, 5) is 15.3. The summed E-state index contributed by atoms with van der Waals surface area (Å²) in [5.74, 6) is 1.43. The van der Waals surface area contributed by atoms with Crippen molar-refractivity contribution in [3.8, 4) is 40.0 Å². The van der Waals surface area contributed by atoms with Crippen molar-refractivity contribution in [3.05, 3.63) is 140 Å². The number of furan rings is 2. The number of hydrogen-bond donors (Lipinski definition) is 0. The lowest BCUT2D eigenvalue weighted by Gasteiger charge is -2.08. The highest BCUT2D eigenvalue weighted by atomic mass is 16.3. The maximum absolute atomic E-state index is 6.43. The third-order valence-electron chi connectivity index (χ3n) is 8.73. The first-order valence-electron chi connectivity index (χ1n) is 15.4. The van der Waals surface area contributed by atoms with Crippen LogP contribution in [0.4, 0.5) is 0 Å². The minimum absolute atomic E-state index is 0.456. The SMILES string of the molecule is c1ccc(-n2nc(-c3nc(-c4cccc5c4oc4ccccc45)nc(-c4cccc5c4oc4ccccc45)n3)c3ccccc32)cc1. The summed E-state index contributed by atoms with van der Waals surface area (Å²) >= 11 is 0. The first kappa shape index (κ1) is 25.7. The monoisotopic (exact) mass is 605 g/mol. The molecular formula is C40H23N5O2. The van der Waals surface area contributed by atoms with Crippen LogP contribution in [0, 0.1) is 0 Å². The van der Waals surface area contributed by atoms with Crippen LogP contribution in [0.25, 0.3) is 94.8 Å². The number of hydrogen-bond acceptors (Lipinski definition) is 6. The predicted octanol–water partition coefficient (Wildman–Crippen LogP) is 10.0. The summed E-state index contributed by atoms with van der Waals surface area (Å²) in [6, 6.07) is 46.5. The molecule has 6 aromatic carbocycles. The fraction of sp³-hybridized carbons (Fsp3) is 0. The zero-order valence-electron chi connectivity index (χ0n) is 24.8. The van der Waals surface area contributed by atoms with Gasteiger partial charge >= 0.3 is 0 Å². The van der Waals surface area contributed by atoms with Gasteiger partial charge in [-0.15, -0.1) is 0 Å². The van der Waals surface area contributed by atoms with Gasteiger partial charge in [0.15, 0.2) is 17.5 Å². The molecule has 0 bridgehead atoms. The fourth-order valence-corrected chi connectivity index (χ4v) is 6.57. The van der Waals surface area contributed by atoms with Gasteiger partial charge in [0.05, 0.1) is 22.3 Å². The van der Waals surface area contributed by atoms with E-state index in [1.54, 1.807) is 0 Å². The molecule has 0 aliphatic rings. The molecule has 4 heterocycles. The van der Waals surface area contributed by atoms with Crippen molar-refractivity contribution in [1.29, 1.82) is 0 Å². The van der Waals surface area contributed by atoms with Crippen molar-refractivity contribution in [3.63, 3.8) is 0 Å². The van der Waals surface area contributed by atoms with Gasteiger partial charge in [0.25, 0.3) is 0 Å². The van der Waals surface area contributed by atoms with E-state index in [0.29, 0.717) is 23.2 Å². The van der Waals surface area contributed by atoms with E-state index in [0.717, 1.165) is 71.6 Å². The quantitative estimate of drug-likeness (QED) is 0.199. The van der Waals surface area contributed by atoms with Crippen LogP contribution in [0.2, 0.25) is 0 Å². The van der Waals surface area contributed by atoms with Crippen LogP contribution in [-0.2, 0) is 0 Å². The number of para-hydroxylation sites is 6. The van der Waals surface area contributed by atoms with E-state index in [9.17, 15) is 0 Å². The third kappa shape index (κ3) is 3.93. The highest BCUT2D eigenvalue weighted by Gasteiger charge is 2.23. The van der Waals surface area contributed by atoms with Crippen molar-refractivity contribution in [2.45, 2.75) is 0 Å². The van der Waals surface area contributed by atoms with E-state index in [-0.39, 0.29) is 0 Å². The lowest BCUT2D eigenvalue weighted by atomic mass is 10.1. The largest absolute Gasteiger partial charge is 0.455 e. The molecule has 10 aromatic rings. The molecule has 0 radical (unpaired) electrons. The van der Waals surface area contributed by atoms with Gasteiger partial charge < -0.3 is 8.83 Å². The van der Waals surface area contributed by atoms with Crippen molar-refractivity contribution >= 4 is 54.8 Å². The van der Waals surface area contributed by atoms with E-state index >= 15 is 0 Å². The second-order valence-corrected chi connectivity index (χ2v) is 11.5. The van der Waals surface area contributed by atoms with E-state index in [1.165, 1.54) is 0 Å². The standard InChI is InChI=1S/C40H23N5O2/c1-2-12-24(13-3-1)45-32-21-7-4-16-29(32)35(44-45)40-42-38(30-19-10-17-27-25-14-5-8-22-33(25)46-36(27)30)41-39(43-40)31-20-11-18-28-26-15-6-9-23-34(26)47-37(28)31/h1-23H. The zero-order valence-corrected chi connectivity index (χ0v) is 24.8. The number of fused-ring (bicyclic) bond motifs is 7. The van der Waals surface area contributed by atoms with Gasteiger partial charge in [-0.3, -0.25) is 0 Å². The molecule has 47 heavy (non-hydrogen) atoms. The summed E-state index contributed by atoms with van der Waals surface area (Å²) in [7, 11) is 0. The van der Waals surface area contributed by atoms with Crippen molar-refractivity contribution in [1.82, 2.24) is 24.7 Å². The number of nitrogens with zero attached hydrogens (tertiary/aromatic N) is 5. The average molecular weight is 606 g/mol. The van der Waals surface area contributed by atoms with Crippen LogP contribution in [0.5, 0.6) is 0 Å². The molecular weight excluding hydrogens is 582 g/mol. The Balaban J connectivity index is 1.28. The fourth-order valence-electron chi connectivity index (χ4n) is 6.57. The average Bonchev–Trinajstić information content (AvgIpc) is 3.83. The molecule has 0 aliphatic carbocycles. The highest BCUT2D eigenvalue weighted by molar-refractivity contribution is 6.10. The van der Waals surface area contributed by atoms with Crippen LogP contribution >= 0.6 is 0 Å². The van der Waals surface area contributed by atoms with Crippen LogP contribution in [-0.4, -0.2) is 24.7 Å². The molecule has 7 heteroatoms. The topological polar surface area (TPSA) is 82.8 Å². The first-order chi connectivity index (χ1) is 23.3. The Labute approximate surface area is 267 Å². The van der Waals surface area contributed by atoms with E-state index in [1.807, 2.05) is 108 Å². The predicted molar refractivity (Wildman–Crippen MR) is 185 cm³/mol. The summed E-state index contributed by atoms with van der Waals surface area (Å²) in [6.45, 7) is 0. The van der Waals surface area contributed by atoms with Crippen LogP contribution in [0.3, 0.4) is 0 Å². The van der Waals surface area contributed by atoms with Crippen LogP contribution < -0.4 is 0 Å². The van der Waals surface area contributed by atoms with Gasteiger partial charge in [0.2, 0.25) is 0 Å². The second-order valence-electron chi connectivity index (χ2n) is 11.5. The molecule has 0 saturated heterocycles. The smallest absolute Gasteiger partial charge is 0.184 e. The Morgan fingerprint density at radius 2 is 0.894 bits per heavy atom. The van der Waals surface area contributed by atoms with E-state index in [2.05, 4.69) is 36.4 Å². The summed E-state index contributed by atoms with van der Waals surface area (Å²) in [6.07, 6.45) is 0. The Hall–Kier alpha value is -6.60. The lowest BCUT2D eigenvalue weighted by Crippen LogP contribution is -2.02. The lowest BCUT2D eigenvalue weighted by molar-refractivity contribution is 0.669. The molecule has 7 nitrogen and oxygen atoms in total. The van der Waals surface area contributed by atoms with E-state index < -0.39 is 0 Å². The van der Waals surface area contributed by atoms with Crippen molar-refractivity contribution in [2.75, 3.05) is 0 Å². The summed E-state index contributed by atoms with van der Waals surface area (Å²) in [5.41, 5.74) is 7.16. The molecule has 0 spiro atoms. The molecule has 0 amide bonds. The number of aromatic nitrogens is 5. The first-order valence-corrected chi connectivity index (χ1v) is 15.4. The van der Waals surface area contributed by atoms with Crippen molar-refractivity contribution < 1.29 is 8.83 Å². The maximum Gasteiger partial charge on any atom is 0.184 e. The number of benzene rings is 6. The Kier molecular flexibility index (Phi) is 5.44. The van der Waals surface area contributed by atoms with Gasteiger partial charge in [-0.1, -0.05) is 97.1 Å². The van der Waals surface area contributed by atoms with Crippen molar-refractivity contribution in [2.24, 2.45) is 0 Å². The molecule has 4 aromatic heterocycles. The Bertz CT molecular complexity index is 2680. The molecule has 0 fully saturated rings. The Morgan fingerprint density at radius 3 is 1.51 bits per heavy atom. The molecule has 220 valence electrons. The molecule has 0 aliphatic heterocycles. The van der Waals surface area contributed by atoms with E-state index in [4.69, 9.17) is 28.9 Å². The van der Waals surface area contributed by atoms with Gasteiger partial charge in [0.1, 0.15) is 28.0 Å². The maximum atomic E-state index is 6.43. The molecule has 0 unspecified atom stereocenters. The summed E-state index contributed by atoms with van der Waals surface area (Å²) in [5, 5.41) is 10.1. The molecule has 0 saturated carbocycles. The van der Waals surface area contributed by atoms with Gasteiger partial charge in [0, 0.05) is 26.9 Å². The van der Waals surface area contributed by atoms with Crippen LogP contribution in [0.1, 0.15) is 0 Å². The second kappa shape index (κ2) is 9.95. The molecule has 0 N–H and O–H groups in total. The minimum Gasteiger partial charge on any atom is -0.455 e. The van der Waals surface area contributed by atoms with Gasteiger partial charge in [-0.25, -0.2) is 19.6 Å².